The SMILES string of the molecule is CC(C)CC(c1c(C(F)(F)F)cc(C(F)(F)F)cc1C(F)(F)F)C(C)C. The van der Waals surface area contributed by atoms with E-state index in [1.165, 1.54) is 13.8 Å². The lowest BCUT2D eigenvalue weighted by molar-refractivity contribution is -0.149. The van der Waals surface area contributed by atoms with Crippen molar-refractivity contribution in [3.05, 3.63) is 34.4 Å². The van der Waals surface area contributed by atoms with E-state index >= 15 is 0 Å². The number of halogens is 9. The molecule has 1 unspecified atom stereocenters. The molecular weight excluding hydrogens is 375 g/mol. The monoisotopic (exact) mass is 394 g/mol. The number of rotatable bonds is 4. The second kappa shape index (κ2) is 7.31. The summed E-state index contributed by atoms with van der Waals surface area (Å²) in [7, 11) is 0. The van der Waals surface area contributed by atoms with Gasteiger partial charge in [-0.1, -0.05) is 27.7 Å². The Morgan fingerprint density at radius 3 is 1.31 bits per heavy atom. The van der Waals surface area contributed by atoms with Gasteiger partial charge in [-0.15, -0.1) is 0 Å². The van der Waals surface area contributed by atoms with Crippen molar-refractivity contribution in [2.24, 2.45) is 11.8 Å². The lowest BCUT2D eigenvalue weighted by Crippen LogP contribution is -2.24. The minimum atomic E-state index is -5.35. The molecule has 0 saturated carbocycles. The summed E-state index contributed by atoms with van der Waals surface area (Å²) in [6.07, 6.45) is -16.0. The van der Waals surface area contributed by atoms with Gasteiger partial charge in [-0.25, -0.2) is 0 Å². The van der Waals surface area contributed by atoms with Crippen LogP contribution in [0.2, 0.25) is 0 Å². The zero-order chi connectivity index (χ0) is 20.7. The van der Waals surface area contributed by atoms with Crippen molar-refractivity contribution in [1.29, 1.82) is 0 Å². The average molecular weight is 394 g/mol. The van der Waals surface area contributed by atoms with Crippen molar-refractivity contribution >= 4 is 0 Å². The third-order valence-corrected chi connectivity index (χ3v) is 4.02. The number of alkyl halides is 9. The molecule has 0 saturated heterocycles. The van der Waals surface area contributed by atoms with E-state index in [0.717, 1.165) is 0 Å². The molecule has 0 fully saturated rings. The Hall–Kier alpha value is -1.41. The summed E-state index contributed by atoms with van der Waals surface area (Å²) in [4.78, 5) is 0. The van der Waals surface area contributed by atoms with Crippen LogP contribution in [0, 0.1) is 11.8 Å². The van der Waals surface area contributed by atoms with E-state index in [9.17, 15) is 39.5 Å². The molecule has 0 aliphatic rings. The molecule has 0 heterocycles. The predicted molar refractivity (Wildman–Crippen MR) is 78.5 cm³/mol. The van der Waals surface area contributed by atoms with Crippen molar-refractivity contribution < 1.29 is 39.5 Å². The van der Waals surface area contributed by atoms with Crippen molar-refractivity contribution in [1.82, 2.24) is 0 Å². The topological polar surface area (TPSA) is 0 Å². The van der Waals surface area contributed by atoms with Gasteiger partial charge in [0, 0.05) is 0 Å². The number of benzene rings is 1. The predicted octanol–water partition coefficient (Wildman–Crippen LogP) is 7.53. The van der Waals surface area contributed by atoms with Gasteiger partial charge in [0.2, 0.25) is 0 Å². The molecule has 0 nitrogen and oxygen atoms in total. The van der Waals surface area contributed by atoms with Gasteiger partial charge in [0.15, 0.2) is 0 Å². The summed E-state index contributed by atoms with van der Waals surface area (Å²) in [6, 6.07) is -0.444. The minimum Gasteiger partial charge on any atom is -0.166 e. The fourth-order valence-electron chi connectivity index (χ4n) is 2.92. The second-order valence-corrected chi connectivity index (χ2v) is 6.96. The quantitative estimate of drug-likeness (QED) is 0.463. The van der Waals surface area contributed by atoms with Crippen LogP contribution >= 0.6 is 0 Å². The zero-order valence-corrected chi connectivity index (χ0v) is 14.5. The fourth-order valence-corrected chi connectivity index (χ4v) is 2.92. The molecule has 1 aromatic carbocycles. The van der Waals surface area contributed by atoms with Crippen LogP contribution in [0.3, 0.4) is 0 Å². The number of hydrogen-bond acceptors (Lipinski definition) is 0. The van der Waals surface area contributed by atoms with Gasteiger partial charge < -0.3 is 0 Å². The molecule has 150 valence electrons. The van der Waals surface area contributed by atoms with Crippen molar-refractivity contribution in [3.8, 4) is 0 Å². The van der Waals surface area contributed by atoms with Crippen LogP contribution in [-0.2, 0) is 18.5 Å². The molecule has 9 heteroatoms. The van der Waals surface area contributed by atoms with Crippen LogP contribution in [0.15, 0.2) is 12.1 Å². The lowest BCUT2D eigenvalue weighted by atomic mass is 9.77. The van der Waals surface area contributed by atoms with Crippen LogP contribution in [0.25, 0.3) is 0 Å². The first-order chi connectivity index (χ1) is 11.5. The van der Waals surface area contributed by atoms with E-state index < -0.39 is 52.6 Å². The van der Waals surface area contributed by atoms with Gasteiger partial charge >= 0.3 is 18.5 Å². The third-order valence-electron chi connectivity index (χ3n) is 4.02. The Morgan fingerprint density at radius 2 is 1.08 bits per heavy atom. The van der Waals surface area contributed by atoms with E-state index in [2.05, 4.69) is 0 Å². The molecule has 1 rings (SSSR count). The third kappa shape index (κ3) is 5.30. The first-order valence-corrected chi connectivity index (χ1v) is 7.85. The van der Waals surface area contributed by atoms with Crippen molar-refractivity contribution in [3.63, 3.8) is 0 Å². The van der Waals surface area contributed by atoms with E-state index in [1.807, 2.05) is 0 Å². The average Bonchev–Trinajstić information content (AvgIpc) is 2.39. The Kier molecular flexibility index (Phi) is 6.36. The van der Waals surface area contributed by atoms with Crippen LogP contribution in [0.5, 0.6) is 0 Å². The van der Waals surface area contributed by atoms with E-state index in [-0.39, 0.29) is 24.5 Å². The molecule has 0 bridgehead atoms. The molecule has 0 aromatic heterocycles. The molecule has 0 spiro atoms. The lowest BCUT2D eigenvalue weighted by Gasteiger charge is -2.30. The van der Waals surface area contributed by atoms with E-state index in [1.54, 1.807) is 13.8 Å². The smallest absolute Gasteiger partial charge is 0.166 e. The Bertz CT molecular complexity index is 584. The molecule has 0 radical (unpaired) electrons. The van der Waals surface area contributed by atoms with E-state index in [4.69, 9.17) is 0 Å². The van der Waals surface area contributed by atoms with Gasteiger partial charge in [-0.05, 0) is 41.9 Å². The summed E-state index contributed by atoms with van der Waals surface area (Å²) in [5, 5.41) is 0. The van der Waals surface area contributed by atoms with Gasteiger partial charge in [0.25, 0.3) is 0 Å². The Morgan fingerprint density at radius 1 is 0.692 bits per heavy atom. The molecule has 0 N–H and O–H groups in total. The summed E-state index contributed by atoms with van der Waals surface area (Å²) in [5.74, 6) is -2.06. The minimum absolute atomic E-state index is 0.0187. The molecule has 0 amide bonds. The van der Waals surface area contributed by atoms with Crippen LogP contribution in [0.4, 0.5) is 39.5 Å². The van der Waals surface area contributed by atoms with Gasteiger partial charge in [0.1, 0.15) is 0 Å². The highest BCUT2D eigenvalue weighted by Gasteiger charge is 2.46. The highest BCUT2D eigenvalue weighted by Crippen LogP contribution is 2.48. The summed E-state index contributed by atoms with van der Waals surface area (Å²) < 4.78 is 119. The van der Waals surface area contributed by atoms with Crippen LogP contribution < -0.4 is 0 Å². The second-order valence-electron chi connectivity index (χ2n) is 6.96. The molecule has 0 aliphatic carbocycles. The molecule has 0 aliphatic heterocycles. The molecular formula is C17H19F9. The highest BCUT2D eigenvalue weighted by molar-refractivity contribution is 5.46. The summed E-state index contributed by atoms with van der Waals surface area (Å²) in [6.45, 7) is 6.15. The normalized spacial score (nSPS) is 15.0. The zero-order valence-electron chi connectivity index (χ0n) is 14.5. The van der Waals surface area contributed by atoms with Crippen LogP contribution in [0.1, 0.15) is 62.3 Å². The van der Waals surface area contributed by atoms with Gasteiger partial charge in [0.05, 0.1) is 16.7 Å². The Balaban J connectivity index is 3.95. The van der Waals surface area contributed by atoms with Crippen LogP contribution in [-0.4, -0.2) is 0 Å². The largest absolute Gasteiger partial charge is 0.416 e. The maximum absolute atomic E-state index is 13.4. The molecule has 1 aromatic rings. The fraction of sp³-hybridized carbons (Fsp3) is 0.647. The van der Waals surface area contributed by atoms with E-state index in [0.29, 0.717) is 0 Å². The summed E-state index contributed by atoms with van der Waals surface area (Å²) >= 11 is 0. The van der Waals surface area contributed by atoms with Crippen molar-refractivity contribution in [2.45, 2.75) is 58.6 Å². The highest BCUT2D eigenvalue weighted by atomic mass is 19.4. The maximum atomic E-state index is 13.4. The van der Waals surface area contributed by atoms with Gasteiger partial charge in [-0.2, -0.15) is 39.5 Å². The molecule has 26 heavy (non-hydrogen) atoms. The standard InChI is InChI=1S/C17H19F9/c1-8(2)5-11(9(3)4)14-12(16(21,22)23)6-10(15(18,19)20)7-13(14)17(24,25)26/h6-9,11H,5H2,1-4H3. The maximum Gasteiger partial charge on any atom is 0.416 e. The van der Waals surface area contributed by atoms with Gasteiger partial charge in [-0.3, -0.25) is 0 Å². The first-order valence-electron chi connectivity index (χ1n) is 7.85. The summed E-state index contributed by atoms with van der Waals surface area (Å²) in [5.41, 5.74) is -6.83. The molecule has 1 atom stereocenters. The Labute approximate surface area is 145 Å². The van der Waals surface area contributed by atoms with Crippen molar-refractivity contribution in [2.75, 3.05) is 0 Å². The number of hydrogen-bond donors (Lipinski definition) is 0. The first kappa shape index (κ1) is 22.6.